The number of halogens is 1. The molecule has 0 bridgehead atoms. The summed E-state index contributed by atoms with van der Waals surface area (Å²) < 4.78 is 10.0. The largest absolute Gasteiger partial charge is 0.388 e. The second-order valence-corrected chi connectivity index (χ2v) is 9.49. The minimum Gasteiger partial charge on any atom is -0.388 e. The number of hydrogen-bond donors (Lipinski definition) is 2. The van der Waals surface area contributed by atoms with Gasteiger partial charge in [0.25, 0.3) is 0 Å². The molecule has 2 unspecified atom stereocenters. The average molecular weight is 508 g/mol. The molecule has 3 N–H and O–H groups in total. The summed E-state index contributed by atoms with van der Waals surface area (Å²) >= 11 is 6.10. The van der Waals surface area contributed by atoms with Gasteiger partial charge >= 0.3 is 0 Å². The molecule has 4 heterocycles. The zero-order valence-corrected chi connectivity index (χ0v) is 22.4. The van der Waals surface area contributed by atoms with Gasteiger partial charge in [-0.1, -0.05) is 37.6 Å². The third-order valence-corrected chi connectivity index (χ3v) is 7.03. The van der Waals surface area contributed by atoms with Crippen LogP contribution in [0.15, 0.2) is 24.3 Å². The summed E-state index contributed by atoms with van der Waals surface area (Å²) in [4.78, 5) is 11.9. The number of nitrogens with one attached hydrogen (secondary N) is 1. The Balaban J connectivity index is 0.000000638. The fraction of sp³-hybridized carbons (Fsp3) is 0.680. The zero-order chi connectivity index (χ0) is 25.2. The number of nitrogen functional groups attached to an aromatic ring is 1. The molecule has 0 amide bonds. The normalized spacial score (nSPS) is 23.5. The first kappa shape index (κ1) is 27.7. The van der Waals surface area contributed by atoms with E-state index in [1.807, 2.05) is 26.0 Å². The van der Waals surface area contributed by atoms with Gasteiger partial charge < -0.3 is 20.1 Å². The molecule has 5 rings (SSSR count). The third kappa shape index (κ3) is 7.54. The highest BCUT2D eigenvalue weighted by Crippen LogP contribution is 2.28. The lowest BCUT2D eigenvalue weighted by Gasteiger charge is -2.52. The number of H-pyrrole nitrogens is 1. The number of hydrogen-bond acceptors (Lipinski definition) is 8. The Kier molecular flexibility index (Phi) is 11.1. The molecule has 0 aliphatic carbocycles. The molecular formula is C25H42ClN7O2. The van der Waals surface area contributed by atoms with Crippen molar-refractivity contribution in [3.05, 3.63) is 34.9 Å². The first-order chi connectivity index (χ1) is 17.1. The number of aromatic amines is 1. The number of benzene rings is 1. The summed E-state index contributed by atoms with van der Waals surface area (Å²) in [6.07, 6.45) is 3.27. The number of ether oxygens (including phenoxy) is 2. The van der Waals surface area contributed by atoms with Crippen molar-refractivity contribution in [1.82, 2.24) is 25.0 Å². The molecule has 0 spiro atoms. The monoisotopic (exact) mass is 507 g/mol. The maximum Gasteiger partial charge on any atom is 0.246 e. The van der Waals surface area contributed by atoms with Crippen molar-refractivity contribution in [2.75, 3.05) is 70.8 Å². The van der Waals surface area contributed by atoms with Gasteiger partial charge in [0.15, 0.2) is 0 Å². The van der Waals surface area contributed by atoms with Crippen molar-refractivity contribution in [2.24, 2.45) is 0 Å². The molecule has 3 aliphatic heterocycles. The van der Waals surface area contributed by atoms with E-state index in [0.29, 0.717) is 30.0 Å². The van der Waals surface area contributed by atoms with Gasteiger partial charge in [0.1, 0.15) is 0 Å². The van der Waals surface area contributed by atoms with Gasteiger partial charge in [0.2, 0.25) is 11.9 Å². The van der Waals surface area contributed by atoms with Crippen LogP contribution in [0.25, 0.3) is 0 Å². The number of fused-ring (bicyclic) bond motifs is 1. The van der Waals surface area contributed by atoms with Crippen molar-refractivity contribution in [3.63, 3.8) is 0 Å². The Bertz CT molecular complexity index is 858. The molecule has 2 aromatic rings. The quantitative estimate of drug-likeness (QED) is 0.652. The third-order valence-electron chi connectivity index (χ3n) is 6.78. The van der Waals surface area contributed by atoms with Crippen molar-refractivity contribution in [2.45, 2.75) is 51.2 Å². The van der Waals surface area contributed by atoms with E-state index in [4.69, 9.17) is 22.1 Å². The summed E-state index contributed by atoms with van der Waals surface area (Å²) in [5.74, 6) is 1.10. The minimum absolute atomic E-state index is 0.378. The molecule has 3 saturated heterocycles. The van der Waals surface area contributed by atoms with Crippen LogP contribution in [0.4, 0.5) is 11.9 Å². The van der Waals surface area contributed by atoms with E-state index < -0.39 is 0 Å². The zero-order valence-electron chi connectivity index (χ0n) is 21.6. The van der Waals surface area contributed by atoms with E-state index in [1.165, 1.54) is 5.56 Å². The van der Waals surface area contributed by atoms with Gasteiger partial charge in [-0.15, -0.1) is 5.10 Å². The van der Waals surface area contributed by atoms with Crippen LogP contribution in [0, 0.1) is 0 Å². The fourth-order valence-electron chi connectivity index (χ4n) is 5.19. The molecular weight excluding hydrogens is 466 g/mol. The Labute approximate surface area is 214 Å². The van der Waals surface area contributed by atoms with E-state index in [1.54, 1.807) is 14.2 Å². The van der Waals surface area contributed by atoms with E-state index in [-0.39, 0.29) is 0 Å². The minimum atomic E-state index is 0.378. The Hall–Kier alpha value is -1.91. The van der Waals surface area contributed by atoms with Gasteiger partial charge in [-0.3, -0.25) is 9.80 Å². The second kappa shape index (κ2) is 14.0. The number of nitrogens with zero attached hydrogens (tertiary/aromatic N) is 5. The molecule has 35 heavy (non-hydrogen) atoms. The van der Waals surface area contributed by atoms with E-state index in [2.05, 4.69) is 46.8 Å². The van der Waals surface area contributed by atoms with Crippen LogP contribution in [0.5, 0.6) is 0 Å². The van der Waals surface area contributed by atoms with Gasteiger partial charge in [-0.25, -0.2) is 5.10 Å². The van der Waals surface area contributed by atoms with Crippen LogP contribution in [0.3, 0.4) is 0 Å². The lowest BCUT2D eigenvalue weighted by molar-refractivity contribution is -0.0766. The van der Waals surface area contributed by atoms with Crippen LogP contribution < -0.4 is 10.6 Å². The van der Waals surface area contributed by atoms with Crippen molar-refractivity contribution >= 4 is 23.5 Å². The van der Waals surface area contributed by atoms with E-state index >= 15 is 0 Å². The number of anilines is 2. The molecule has 1 aromatic heterocycles. The molecule has 10 heteroatoms. The molecule has 3 fully saturated rings. The molecule has 1 aromatic carbocycles. The highest BCUT2D eigenvalue weighted by molar-refractivity contribution is 6.30. The average Bonchev–Trinajstić information content (AvgIpc) is 3.33. The van der Waals surface area contributed by atoms with Crippen LogP contribution in [-0.4, -0.2) is 103 Å². The number of rotatable bonds is 4. The summed E-state index contributed by atoms with van der Waals surface area (Å²) in [7, 11) is 3.25. The maximum absolute atomic E-state index is 6.10. The number of piperazine rings is 1. The van der Waals surface area contributed by atoms with Crippen molar-refractivity contribution in [3.8, 4) is 0 Å². The van der Waals surface area contributed by atoms with Crippen LogP contribution in [0.1, 0.15) is 32.3 Å². The van der Waals surface area contributed by atoms with E-state index in [9.17, 15) is 0 Å². The van der Waals surface area contributed by atoms with Gasteiger partial charge in [0.05, 0.1) is 13.2 Å². The first-order valence-corrected chi connectivity index (χ1v) is 13.1. The topological polar surface area (TPSA) is 95.8 Å². The summed E-state index contributed by atoms with van der Waals surface area (Å²) in [5.41, 5.74) is 7.06. The second-order valence-electron chi connectivity index (χ2n) is 9.05. The number of aromatic nitrogens is 3. The number of nitrogens with two attached hydrogens (primary N) is 1. The van der Waals surface area contributed by atoms with Crippen LogP contribution >= 0.6 is 11.6 Å². The Morgan fingerprint density at radius 1 is 1.09 bits per heavy atom. The summed E-state index contributed by atoms with van der Waals surface area (Å²) in [6, 6.07) is 9.93. The molecule has 196 valence electrons. The van der Waals surface area contributed by atoms with E-state index in [0.717, 1.165) is 70.2 Å². The predicted molar refractivity (Wildman–Crippen MR) is 142 cm³/mol. The molecule has 9 nitrogen and oxygen atoms in total. The van der Waals surface area contributed by atoms with Gasteiger partial charge in [-0.05, 0) is 37.0 Å². The number of morpholine rings is 1. The lowest BCUT2D eigenvalue weighted by atomic mass is 9.93. The van der Waals surface area contributed by atoms with Crippen LogP contribution in [-0.2, 0) is 15.9 Å². The van der Waals surface area contributed by atoms with Crippen molar-refractivity contribution in [1.29, 1.82) is 0 Å². The summed E-state index contributed by atoms with van der Waals surface area (Å²) in [6.45, 7) is 10.8. The standard InChI is InChI=1S/C21H30ClN7O.C2H6O.C2H6/c22-16-3-1-15(2-4-16)11-18-12-28-9-10-30-14-19(28)13-29(18)17-5-7-27(8-6-17)21-24-20(23)25-26-21;1-3-2;1-2/h1-4,17-19H,5-14H2,(H3,23,24,25,26);1-2H3;1-2H3. The van der Waals surface area contributed by atoms with Gasteiger partial charge in [-0.2, -0.15) is 4.98 Å². The summed E-state index contributed by atoms with van der Waals surface area (Å²) in [5, 5.41) is 7.77. The first-order valence-electron chi connectivity index (χ1n) is 12.7. The molecule has 0 saturated carbocycles. The maximum atomic E-state index is 6.10. The Morgan fingerprint density at radius 3 is 2.40 bits per heavy atom. The lowest BCUT2D eigenvalue weighted by Crippen LogP contribution is -2.65. The highest BCUT2D eigenvalue weighted by atomic mass is 35.5. The van der Waals surface area contributed by atoms with Crippen molar-refractivity contribution < 1.29 is 9.47 Å². The number of piperidine rings is 1. The highest BCUT2D eigenvalue weighted by Gasteiger charge is 2.39. The van der Waals surface area contributed by atoms with Gasteiger partial charge in [0, 0.05) is 70.1 Å². The number of methoxy groups -OCH3 is 1. The molecule has 0 radical (unpaired) electrons. The molecule has 3 aliphatic rings. The smallest absolute Gasteiger partial charge is 0.246 e. The van der Waals surface area contributed by atoms with Crippen LogP contribution in [0.2, 0.25) is 5.02 Å². The molecule has 2 atom stereocenters. The SMILES string of the molecule is CC.COC.Nc1nc(N2CCC(N3CC4COCCN4CC3Cc3ccc(Cl)cc3)CC2)n[nH]1. The Morgan fingerprint density at radius 2 is 1.77 bits per heavy atom. The predicted octanol–water partition coefficient (Wildman–Crippen LogP) is 2.93. The fourth-order valence-corrected chi connectivity index (χ4v) is 5.32.